The molecule has 1 aromatic carbocycles. The quantitative estimate of drug-likeness (QED) is 0.797. The molecule has 0 amide bonds. The summed E-state index contributed by atoms with van der Waals surface area (Å²) in [4.78, 5) is 11.8. The molecule has 90 valence electrons. The molecular formula is C12H11F2NO2. The van der Waals surface area contributed by atoms with Crippen LogP contribution in [0.5, 0.6) is 0 Å². The summed E-state index contributed by atoms with van der Waals surface area (Å²) in [5.41, 5.74) is 0.102. The van der Waals surface area contributed by atoms with Gasteiger partial charge in [0.05, 0.1) is 18.7 Å². The Kier molecular flexibility index (Phi) is 4.46. The van der Waals surface area contributed by atoms with Crippen LogP contribution in [-0.4, -0.2) is 24.2 Å². The van der Waals surface area contributed by atoms with Crippen LogP contribution in [0.2, 0.25) is 0 Å². The third-order valence-electron chi connectivity index (χ3n) is 2.13. The maximum absolute atomic E-state index is 13.5. The molecule has 0 aliphatic heterocycles. The fourth-order valence-electron chi connectivity index (χ4n) is 1.36. The highest BCUT2D eigenvalue weighted by Crippen LogP contribution is 2.20. The van der Waals surface area contributed by atoms with Crippen LogP contribution in [0.4, 0.5) is 14.5 Å². The third-order valence-corrected chi connectivity index (χ3v) is 2.13. The average Bonchev–Trinajstić information content (AvgIpc) is 2.24. The van der Waals surface area contributed by atoms with E-state index in [9.17, 15) is 13.6 Å². The van der Waals surface area contributed by atoms with E-state index in [0.29, 0.717) is 0 Å². The van der Waals surface area contributed by atoms with Crippen LogP contribution in [0.3, 0.4) is 0 Å². The van der Waals surface area contributed by atoms with Crippen molar-refractivity contribution < 1.29 is 18.7 Å². The van der Waals surface area contributed by atoms with Gasteiger partial charge < -0.3 is 10.0 Å². The molecule has 3 nitrogen and oxygen atoms in total. The van der Waals surface area contributed by atoms with Crippen molar-refractivity contribution in [2.45, 2.75) is 6.42 Å². The van der Waals surface area contributed by atoms with Crippen molar-refractivity contribution in [2.75, 3.05) is 18.0 Å². The Hall–Kier alpha value is -2.09. The Bertz CT molecular complexity index is 454. The number of carboxylic acids is 1. The van der Waals surface area contributed by atoms with Gasteiger partial charge in [-0.25, -0.2) is 8.78 Å². The lowest BCUT2D eigenvalue weighted by Crippen LogP contribution is -2.27. The summed E-state index contributed by atoms with van der Waals surface area (Å²) in [6.07, 6.45) is 4.95. The molecule has 0 atom stereocenters. The number of aliphatic carboxylic acids is 1. The van der Waals surface area contributed by atoms with Crippen LogP contribution < -0.4 is 4.90 Å². The molecule has 1 rings (SSSR count). The van der Waals surface area contributed by atoms with Crippen LogP contribution in [0, 0.1) is 24.0 Å². The topological polar surface area (TPSA) is 40.5 Å². The number of nitrogens with zero attached hydrogens (tertiary/aromatic N) is 1. The van der Waals surface area contributed by atoms with Crippen molar-refractivity contribution >= 4 is 11.7 Å². The molecule has 0 fully saturated rings. The van der Waals surface area contributed by atoms with Crippen molar-refractivity contribution in [3.63, 3.8) is 0 Å². The Labute approximate surface area is 97.7 Å². The van der Waals surface area contributed by atoms with E-state index < -0.39 is 17.6 Å². The van der Waals surface area contributed by atoms with Crippen LogP contribution >= 0.6 is 0 Å². The van der Waals surface area contributed by atoms with E-state index in [1.54, 1.807) is 0 Å². The molecule has 0 aromatic heterocycles. The van der Waals surface area contributed by atoms with Gasteiger partial charge in [0.2, 0.25) is 0 Å². The Morgan fingerprint density at radius 1 is 1.47 bits per heavy atom. The summed E-state index contributed by atoms with van der Waals surface area (Å²) in [5.74, 6) is -0.149. The largest absolute Gasteiger partial charge is 0.481 e. The minimum atomic E-state index is -1.01. The number of terminal acetylenes is 1. The number of hydrogen-bond acceptors (Lipinski definition) is 2. The molecular weight excluding hydrogens is 228 g/mol. The lowest BCUT2D eigenvalue weighted by Gasteiger charge is -2.22. The van der Waals surface area contributed by atoms with Gasteiger partial charge in [0.15, 0.2) is 0 Å². The van der Waals surface area contributed by atoms with E-state index in [-0.39, 0.29) is 25.2 Å². The predicted octanol–water partition coefficient (Wildman–Crippen LogP) is 1.88. The maximum Gasteiger partial charge on any atom is 0.305 e. The van der Waals surface area contributed by atoms with E-state index in [1.807, 2.05) is 0 Å². The molecule has 5 heteroatoms. The van der Waals surface area contributed by atoms with Crippen molar-refractivity contribution in [3.05, 3.63) is 29.8 Å². The lowest BCUT2D eigenvalue weighted by atomic mass is 10.2. The SMILES string of the molecule is C#CCN(CCC(=O)O)c1ccc(F)cc1F. The first-order chi connectivity index (χ1) is 8.04. The molecule has 0 heterocycles. The number of carbonyl (C=O) groups is 1. The van der Waals surface area contributed by atoms with Crippen molar-refractivity contribution in [1.82, 2.24) is 0 Å². The van der Waals surface area contributed by atoms with Crippen LogP contribution in [-0.2, 0) is 4.79 Å². The van der Waals surface area contributed by atoms with E-state index in [0.717, 1.165) is 12.1 Å². The zero-order valence-corrected chi connectivity index (χ0v) is 8.99. The fraction of sp³-hybridized carbons (Fsp3) is 0.250. The normalized spacial score (nSPS) is 9.71. The lowest BCUT2D eigenvalue weighted by molar-refractivity contribution is -0.136. The summed E-state index contributed by atoms with van der Waals surface area (Å²) in [6, 6.07) is 3.08. The second kappa shape index (κ2) is 5.85. The smallest absolute Gasteiger partial charge is 0.305 e. The summed E-state index contributed by atoms with van der Waals surface area (Å²) in [5, 5.41) is 8.56. The van der Waals surface area contributed by atoms with Gasteiger partial charge in [0.1, 0.15) is 11.6 Å². The Balaban J connectivity index is 2.89. The van der Waals surface area contributed by atoms with Gasteiger partial charge in [0, 0.05) is 12.6 Å². The van der Waals surface area contributed by atoms with Crippen molar-refractivity contribution in [2.24, 2.45) is 0 Å². The van der Waals surface area contributed by atoms with E-state index in [2.05, 4.69) is 5.92 Å². The summed E-state index contributed by atoms with van der Waals surface area (Å²) in [7, 11) is 0. The Morgan fingerprint density at radius 3 is 2.71 bits per heavy atom. The molecule has 0 spiro atoms. The van der Waals surface area contributed by atoms with E-state index in [4.69, 9.17) is 11.5 Å². The van der Waals surface area contributed by atoms with Crippen LogP contribution in [0.1, 0.15) is 6.42 Å². The van der Waals surface area contributed by atoms with Crippen molar-refractivity contribution in [3.8, 4) is 12.3 Å². The first kappa shape index (κ1) is 13.0. The van der Waals surface area contributed by atoms with Gasteiger partial charge in [-0.15, -0.1) is 6.42 Å². The molecule has 1 aromatic rings. The molecule has 0 saturated heterocycles. The van der Waals surface area contributed by atoms with Crippen molar-refractivity contribution in [1.29, 1.82) is 0 Å². The highest BCUT2D eigenvalue weighted by molar-refractivity contribution is 5.67. The van der Waals surface area contributed by atoms with Gasteiger partial charge in [-0.3, -0.25) is 4.79 Å². The molecule has 0 unspecified atom stereocenters. The number of halogens is 2. The number of hydrogen-bond donors (Lipinski definition) is 1. The molecule has 0 bridgehead atoms. The van der Waals surface area contributed by atoms with E-state index >= 15 is 0 Å². The highest BCUT2D eigenvalue weighted by atomic mass is 19.1. The monoisotopic (exact) mass is 239 g/mol. The van der Waals surface area contributed by atoms with Gasteiger partial charge in [-0.05, 0) is 12.1 Å². The molecule has 0 radical (unpaired) electrons. The first-order valence-electron chi connectivity index (χ1n) is 4.90. The minimum Gasteiger partial charge on any atom is -0.481 e. The molecule has 0 aliphatic carbocycles. The highest BCUT2D eigenvalue weighted by Gasteiger charge is 2.12. The molecule has 1 N–H and O–H groups in total. The van der Waals surface area contributed by atoms with Gasteiger partial charge in [-0.2, -0.15) is 0 Å². The third kappa shape index (κ3) is 3.76. The van der Waals surface area contributed by atoms with E-state index in [1.165, 1.54) is 11.0 Å². The second-order valence-corrected chi connectivity index (χ2v) is 3.37. The second-order valence-electron chi connectivity index (χ2n) is 3.37. The number of rotatable bonds is 5. The van der Waals surface area contributed by atoms with Gasteiger partial charge in [0.25, 0.3) is 0 Å². The Morgan fingerprint density at radius 2 is 2.18 bits per heavy atom. The molecule has 0 aliphatic rings. The molecule has 0 saturated carbocycles. The first-order valence-corrected chi connectivity index (χ1v) is 4.90. The predicted molar refractivity (Wildman–Crippen MR) is 59.7 cm³/mol. The summed E-state index contributed by atoms with van der Waals surface area (Å²) >= 11 is 0. The number of carboxylic acid groups (broad SMARTS) is 1. The fourth-order valence-corrected chi connectivity index (χ4v) is 1.36. The van der Waals surface area contributed by atoms with Gasteiger partial charge in [-0.1, -0.05) is 5.92 Å². The average molecular weight is 239 g/mol. The molecule has 17 heavy (non-hydrogen) atoms. The minimum absolute atomic E-state index is 0.0653. The summed E-state index contributed by atoms with van der Waals surface area (Å²) < 4.78 is 26.2. The number of anilines is 1. The zero-order chi connectivity index (χ0) is 12.8. The van der Waals surface area contributed by atoms with Crippen LogP contribution in [0.15, 0.2) is 18.2 Å². The summed E-state index contributed by atoms with van der Waals surface area (Å²) in [6.45, 7) is 0.137. The standard InChI is InChI=1S/C12H11F2NO2/c1-2-6-15(7-5-12(16)17)11-4-3-9(13)8-10(11)14/h1,3-4,8H,5-7H2,(H,16,17). The van der Waals surface area contributed by atoms with Gasteiger partial charge >= 0.3 is 5.97 Å². The maximum atomic E-state index is 13.5. The number of benzene rings is 1. The zero-order valence-electron chi connectivity index (χ0n) is 8.99. The van der Waals surface area contributed by atoms with Crippen LogP contribution in [0.25, 0.3) is 0 Å².